The van der Waals surface area contributed by atoms with Gasteiger partial charge in [-0.15, -0.1) is 0 Å². The van der Waals surface area contributed by atoms with Crippen LogP contribution in [0.25, 0.3) is 0 Å². The van der Waals surface area contributed by atoms with E-state index >= 15 is 0 Å². The van der Waals surface area contributed by atoms with E-state index in [2.05, 4.69) is 20.1 Å². The highest BCUT2D eigenvalue weighted by Crippen LogP contribution is 2.36. The molecule has 0 unspecified atom stereocenters. The average Bonchev–Trinajstić information content (AvgIpc) is 3.33. The summed E-state index contributed by atoms with van der Waals surface area (Å²) < 4.78 is 44.1. The number of anilines is 1. The zero-order valence-electron chi connectivity index (χ0n) is 15.8. The zero-order chi connectivity index (χ0) is 21.5. The van der Waals surface area contributed by atoms with Gasteiger partial charge in [0, 0.05) is 30.9 Å². The molecule has 1 aromatic carbocycles. The number of hydrogen-bond donors (Lipinski definition) is 1. The highest BCUT2D eigenvalue weighted by atomic mass is 19.4. The molecule has 1 aliphatic rings. The van der Waals surface area contributed by atoms with E-state index in [1.165, 1.54) is 18.5 Å². The van der Waals surface area contributed by atoms with E-state index in [1.807, 2.05) is 0 Å². The smallest absolute Gasteiger partial charge is 0.384 e. The number of rotatable bonds is 5. The third kappa shape index (κ3) is 3.93. The molecule has 1 atom stereocenters. The largest absolute Gasteiger partial charge is 0.416 e. The molecule has 3 heterocycles. The van der Waals surface area contributed by atoms with Crippen LogP contribution in [0.2, 0.25) is 0 Å². The number of nitrogen functional groups attached to an aromatic ring is 1. The molecular formula is C20H16F3N5O2. The van der Waals surface area contributed by atoms with Gasteiger partial charge in [0.1, 0.15) is 29.3 Å². The van der Waals surface area contributed by atoms with Gasteiger partial charge in [-0.2, -0.15) is 13.2 Å². The Balaban J connectivity index is 1.47. The van der Waals surface area contributed by atoms with Crippen LogP contribution >= 0.6 is 0 Å². The number of ketones is 1. The number of fused-ring (bicyclic) bond motifs is 1. The first-order valence-electron chi connectivity index (χ1n) is 9.06. The van der Waals surface area contributed by atoms with Crippen molar-refractivity contribution >= 4 is 23.0 Å². The Kier molecular flexibility index (Phi) is 4.84. The van der Waals surface area contributed by atoms with Crippen LogP contribution < -0.4 is 5.73 Å². The lowest BCUT2D eigenvalue weighted by Crippen LogP contribution is -2.08. The van der Waals surface area contributed by atoms with Crippen LogP contribution in [0.5, 0.6) is 0 Å². The van der Waals surface area contributed by atoms with E-state index < -0.39 is 11.7 Å². The first kappa shape index (κ1) is 19.7. The van der Waals surface area contributed by atoms with Crippen molar-refractivity contribution in [2.45, 2.75) is 31.9 Å². The third-order valence-electron chi connectivity index (χ3n) is 4.80. The molecule has 0 aliphatic carbocycles. The summed E-state index contributed by atoms with van der Waals surface area (Å²) in [6, 6.07) is 6.51. The number of benzene rings is 1. The first-order chi connectivity index (χ1) is 14.2. The van der Waals surface area contributed by atoms with Crippen molar-refractivity contribution in [1.29, 1.82) is 0 Å². The maximum Gasteiger partial charge on any atom is 0.416 e. The van der Waals surface area contributed by atoms with E-state index in [4.69, 9.17) is 10.3 Å². The number of alkyl halides is 3. The minimum absolute atomic E-state index is 0.118. The monoisotopic (exact) mass is 415 g/mol. The van der Waals surface area contributed by atoms with Gasteiger partial charge < -0.3 is 10.3 Å². The molecule has 154 valence electrons. The van der Waals surface area contributed by atoms with Crippen molar-refractivity contribution in [3.05, 3.63) is 64.9 Å². The summed E-state index contributed by atoms with van der Waals surface area (Å²) in [5.74, 6) is 0.154. The lowest BCUT2D eigenvalue weighted by molar-refractivity contribution is -0.137. The predicted molar refractivity (Wildman–Crippen MR) is 102 cm³/mol. The molecule has 0 radical (unpaired) electrons. The topological polar surface area (TPSA) is 107 Å². The molecule has 4 rings (SSSR count). The molecule has 30 heavy (non-hydrogen) atoms. The van der Waals surface area contributed by atoms with Crippen LogP contribution in [-0.2, 0) is 12.6 Å². The minimum Gasteiger partial charge on any atom is -0.384 e. The quantitative estimate of drug-likeness (QED) is 0.628. The van der Waals surface area contributed by atoms with Crippen molar-refractivity contribution in [3.63, 3.8) is 0 Å². The van der Waals surface area contributed by atoms with Crippen LogP contribution in [0.3, 0.4) is 0 Å². The summed E-state index contributed by atoms with van der Waals surface area (Å²) in [6.45, 7) is 1.80. The van der Waals surface area contributed by atoms with Gasteiger partial charge in [0.15, 0.2) is 5.78 Å². The lowest BCUT2D eigenvalue weighted by Gasteiger charge is -2.07. The van der Waals surface area contributed by atoms with Crippen molar-refractivity contribution in [3.8, 4) is 0 Å². The predicted octanol–water partition coefficient (Wildman–Crippen LogP) is 4.12. The van der Waals surface area contributed by atoms with Crippen molar-refractivity contribution in [2.24, 2.45) is 4.99 Å². The molecule has 0 saturated heterocycles. The van der Waals surface area contributed by atoms with E-state index in [0.717, 1.165) is 12.1 Å². The number of nitrogens with two attached hydrogens (primary N) is 1. The second-order valence-electron chi connectivity index (χ2n) is 7.05. The Bertz CT molecular complexity index is 1150. The van der Waals surface area contributed by atoms with Crippen molar-refractivity contribution in [2.75, 3.05) is 5.73 Å². The Hall–Kier alpha value is -3.56. The van der Waals surface area contributed by atoms with Gasteiger partial charge in [-0.1, -0.05) is 12.1 Å². The Morgan fingerprint density at radius 1 is 1.23 bits per heavy atom. The number of hydrogen-bond acceptors (Lipinski definition) is 7. The summed E-state index contributed by atoms with van der Waals surface area (Å²) in [5.41, 5.74) is 6.98. The molecule has 0 saturated carbocycles. The van der Waals surface area contributed by atoms with E-state index in [-0.39, 0.29) is 36.1 Å². The fourth-order valence-electron chi connectivity index (χ4n) is 3.19. The zero-order valence-corrected chi connectivity index (χ0v) is 15.8. The fraction of sp³-hybridized carbons (Fsp3) is 0.250. The van der Waals surface area contributed by atoms with E-state index in [0.29, 0.717) is 28.4 Å². The molecule has 2 N–H and O–H groups in total. The van der Waals surface area contributed by atoms with Crippen LogP contribution in [0.4, 0.5) is 24.7 Å². The highest BCUT2D eigenvalue weighted by molar-refractivity contribution is 6.05. The molecule has 0 bridgehead atoms. The summed E-state index contributed by atoms with van der Waals surface area (Å²) in [7, 11) is 0. The average molecular weight is 415 g/mol. The summed E-state index contributed by atoms with van der Waals surface area (Å²) >= 11 is 0. The van der Waals surface area contributed by atoms with Crippen LogP contribution in [0.15, 0.2) is 46.2 Å². The van der Waals surface area contributed by atoms with Gasteiger partial charge >= 0.3 is 6.18 Å². The van der Waals surface area contributed by atoms with Gasteiger partial charge in [0.25, 0.3) is 0 Å². The fourth-order valence-corrected chi connectivity index (χ4v) is 3.19. The standard InChI is InChI=1S/C20H16F3N5O2/c1-10(4-17(29)16-8-19(24)26-9-25-16)18-7-15(28-30-18)14-6-11-5-12(20(21,22)23)2-3-13(11)27-14/h2-3,5,7-10H,4,6H2,1H3,(H2,24,25,26)/t10-/m1/s1. The van der Waals surface area contributed by atoms with Gasteiger partial charge in [-0.05, 0) is 23.8 Å². The number of aromatic nitrogens is 3. The van der Waals surface area contributed by atoms with E-state index in [1.54, 1.807) is 13.0 Å². The number of nitrogens with zero attached hydrogens (tertiary/aromatic N) is 4. The number of aliphatic imine (C=N–C) groups is 1. The third-order valence-corrected chi connectivity index (χ3v) is 4.80. The van der Waals surface area contributed by atoms with Crippen LogP contribution in [0.1, 0.15) is 52.3 Å². The van der Waals surface area contributed by atoms with Crippen LogP contribution in [-0.4, -0.2) is 26.6 Å². The van der Waals surface area contributed by atoms with Crippen molar-refractivity contribution in [1.82, 2.24) is 15.1 Å². The molecule has 7 nitrogen and oxygen atoms in total. The number of carbonyl (C=O) groups excluding carboxylic acids is 1. The van der Waals surface area contributed by atoms with Gasteiger partial charge in [-0.25, -0.2) is 9.97 Å². The van der Waals surface area contributed by atoms with E-state index in [9.17, 15) is 18.0 Å². The van der Waals surface area contributed by atoms with Crippen LogP contribution in [0, 0.1) is 0 Å². The second-order valence-corrected chi connectivity index (χ2v) is 7.05. The number of carbonyl (C=O) groups is 1. The minimum atomic E-state index is -4.41. The maximum atomic E-state index is 12.9. The first-order valence-corrected chi connectivity index (χ1v) is 9.06. The Morgan fingerprint density at radius 3 is 2.77 bits per heavy atom. The van der Waals surface area contributed by atoms with Gasteiger partial charge in [-0.3, -0.25) is 9.79 Å². The molecule has 10 heteroatoms. The summed E-state index contributed by atoms with van der Waals surface area (Å²) in [6.07, 6.45) is -2.85. The van der Waals surface area contributed by atoms with Gasteiger partial charge in [0.2, 0.25) is 0 Å². The lowest BCUT2D eigenvalue weighted by atomic mass is 9.99. The normalized spacial score (nSPS) is 14.3. The molecule has 0 fully saturated rings. The van der Waals surface area contributed by atoms with Gasteiger partial charge in [0.05, 0.1) is 17.0 Å². The second kappa shape index (κ2) is 7.36. The molecular weight excluding hydrogens is 399 g/mol. The molecule has 2 aromatic heterocycles. The summed E-state index contributed by atoms with van der Waals surface area (Å²) in [4.78, 5) is 24.4. The molecule has 1 aliphatic heterocycles. The SMILES string of the molecule is C[C@H](CC(=O)c1cc(N)ncn1)c1cc(C2=Nc3ccc(C(F)(F)F)cc3C2)no1. The summed E-state index contributed by atoms with van der Waals surface area (Å²) in [5, 5.41) is 3.98. The van der Waals surface area contributed by atoms with Crippen molar-refractivity contribution < 1.29 is 22.5 Å². The maximum absolute atomic E-state index is 12.9. The molecule has 3 aromatic rings. The number of Topliss-reactive ketones (excluding diaryl/α,β-unsaturated/α-hetero) is 1. The number of halogens is 3. The Morgan fingerprint density at radius 2 is 2.03 bits per heavy atom. The molecule has 0 amide bonds. The molecule has 0 spiro atoms. The Labute approximate surface area is 168 Å². The highest BCUT2D eigenvalue weighted by Gasteiger charge is 2.32.